The quantitative estimate of drug-likeness (QED) is 0.141. The molecule has 1 aliphatic heterocycles. The summed E-state index contributed by atoms with van der Waals surface area (Å²) in [4.78, 5) is 26.6. The van der Waals surface area contributed by atoms with E-state index >= 15 is 0 Å². The van der Waals surface area contributed by atoms with Gasteiger partial charge in [0.25, 0.3) is 0 Å². The summed E-state index contributed by atoms with van der Waals surface area (Å²) in [6.07, 6.45) is 0. The molecule has 0 spiro atoms. The fourth-order valence-corrected chi connectivity index (χ4v) is 12.1. The first-order valence-corrected chi connectivity index (χ1v) is 20.4. The first kappa shape index (κ1) is 23.1. The molecule has 3 nitrogen and oxygen atoms in total. The predicted molar refractivity (Wildman–Crippen MR) is 156 cm³/mol. The Morgan fingerprint density at radius 1 is 0.595 bits per heavy atom. The highest BCUT2D eigenvalue weighted by Crippen LogP contribution is 2.61. The minimum atomic E-state index is -1.91. The van der Waals surface area contributed by atoms with Gasteiger partial charge in [0.1, 0.15) is 0 Å². The van der Waals surface area contributed by atoms with Gasteiger partial charge in [0, 0.05) is 11.8 Å². The van der Waals surface area contributed by atoms with Crippen molar-refractivity contribution in [2.24, 2.45) is 11.8 Å². The Morgan fingerprint density at radius 3 is 1.35 bits per heavy atom. The molecule has 0 N–H and O–H groups in total. The Balaban J connectivity index is 1.75. The molecule has 2 bridgehead atoms. The van der Waals surface area contributed by atoms with Crippen molar-refractivity contribution in [3.8, 4) is 0 Å². The van der Waals surface area contributed by atoms with Crippen LogP contribution in [0.1, 0.15) is 34.1 Å². The van der Waals surface area contributed by atoms with Gasteiger partial charge < -0.3 is 4.74 Å². The molecular weight excluding hydrogens is 489 g/mol. The van der Waals surface area contributed by atoms with E-state index in [9.17, 15) is 9.59 Å². The summed E-state index contributed by atoms with van der Waals surface area (Å²) in [6.45, 7) is 14.6. The van der Waals surface area contributed by atoms with Crippen LogP contribution in [-0.4, -0.2) is 28.1 Å². The Hall–Kier alpha value is -3.03. The largest absolute Gasteiger partial charge is 0.393 e. The number of fused-ring (bicyclic) bond motifs is 2. The number of benzene rings is 4. The number of hydrogen-bond acceptors (Lipinski definition) is 3. The molecule has 8 rings (SSSR count). The highest BCUT2D eigenvalue weighted by Gasteiger charge is 2.62. The first-order valence-electron chi connectivity index (χ1n) is 13.4. The van der Waals surface area contributed by atoms with Crippen LogP contribution in [0.15, 0.2) is 60.7 Å². The Kier molecular flexibility index (Phi) is 4.56. The van der Waals surface area contributed by atoms with Gasteiger partial charge in [0.2, 0.25) is 0 Å². The van der Waals surface area contributed by atoms with Gasteiger partial charge in [0.15, 0.2) is 0 Å². The van der Waals surface area contributed by atoms with Gasteiger partial charge in [-0.25, -0.2) is 0 Å². The maximum atomic E-state index is 13.3. The summed E-state index contributed by atoms with van der Waals surface area (Å²) in [5.74, 6) is -1.79. The van der Waals surface area contributed by atoms with Crippen molar-refractivity contribution in [2.75, 3.05) is 0 Å². The molecule has 1 fully saturated rings. The van der Waals surface area contributed by atoms with Crippen LogP contribution in [0.4, 0.5) is 0 Å². The molecular formula is C32H32O3Si2. The number of cyclic esters (lactones) is 2. The lowest BCUT2D eigenvalue weighted by Gasteiger charge is -2.49. The second kappa shape index (κ2) is 7.30. The van der Waals surface area contributed by atoms with E-state index in [2.05, 4.69) is 99.9 Å². The fraction of sp³-hybridized carbons (Fsp3) is 0.312. The van der Waals surface area contributed by atoms with E-state index in [4.69, 9.17) is 4.74 Å². The number of ether oxygens (including phenoxy) is 1. The van der Waals surface area contributed by atoms with E-state index in [0.717, 1.165) is 0 Å². The summed E-state index contributed by atoms with van der Waals surface area (Å²) in [6, 6.07) is 22.0. The minimum Gasteiger partial charge on any atom is -0.393 e. The molecule has 186 valence electrons. The van der Waals surface area contributed by atoms with E-state index < -0.39 is 28.0 Å². The number of carbonyl (C=O) groups excluding carboxylic acids is 2. The van der Waals surface area contributed by atoms with Crippen LogP contribution in [0.2, 0.25) is 39.3 Å². The van der Waals surface area contributed by atoms with E-state index in [1.54, 1.807) is 0 Å². The molecule has 4 aromatic rings. The maximum Gasteiger partial charge on any atom is 0.318 e. The van der Waals surface area contributed by atoms with E-state index in [1.807, 2.05) is 0 Å². The van der Waals surface area contributed by atoms with Crippen molar-refractivity contribution >= 4 is 60.0 Å². The zero-order valence-corrected chi connectivity index (χ0v) is 24.3. The van der Waals surface area contributed by atoms with Crippen molar-refractivity contribution in [2.45, 2.75) is 51.1 Å². The van der Waals surface area contributed by atoms with Crippen LogP contribution in [0.25, 0.3) is 21.5 Å². The number of esters is 2. The van der Waals surface area contributed by atoms with Crippen molar-refractivity contribution in [1.29, 1.82) is 0 Å². The molecule has 1 saturated heterocycles. The molecule has 4 aliphatic rings. The molecule has 37 heavy (non-hydrogen) atoms. The van der Waals surface area contributed by atoms with E-state index in [1.165, 1.54) is 54.2 Å². The van der Waals surface area contributed by atoms with Crippen molar-refractivity contribution in [3.05, 3.63) is 82.9 Å². The van der Waals surface area contributed by atoms with Crippen LogP contribution in [0, 0.1) is 11.8 Å². The van der Waals surface area contributed by atoms with Crippen molar-refractivity contribution < 1.29 is 14.3 Å². The van der Waals surface area contributed by atoms with Crippen LogP contribution in [0.5, 0.6) is 0 Å². The second-order valence-electron chi connectivity index (χ2n) is 13.2. The third-order valence-electron chi connectivity index (χ3n) is 8.89. The fourth-order valence-electron chi connectivity index (χ4n) is 7.83. The molecule has 0 radical (unpaired) electrons. The summed E-state index contributed by atoms with van der Waals surface area (Å²) in [5, 5.41) is 8.14. The predicted octanol–water partition coefficient (Wildman–Crippen LogP) is 5.99. The highest BCUT2D eigenvalue weighted by molar-refractivity contribution is 6.93. The van der Waals surface area contributed by atoms with Gasteiger partial charge in [-0.05, 0) is 66.3 Å². The SMILES string of the molecule is C[Si](C)(C)c1c2c(c([Si](C)(C)C)c3cc4ccccc4cc13)[C@H]1c3ccccc3[C@@H]2[C@H]2C(=O)OC(=O)[C@@H]12. The Labute approximate surface area is 219 Å². The summed E-state index contributed by atoms with van der Waals surface area (Å²) in [7, 11) is -3.82. The molecule has 5 heteroatoms. The highest BCUT2D eigenvalue weighted by atomic mass is 28.3. The average Bonchev–Trinajstić information content (AvgIpc) is 3.13. The minimum absolute atomic E-state index is 0.132. The normalized spacial score (nSPS) is 24.3. The van der Waals surface area contributed by atoms with Gasteiger partial charge in [-0.15, -0.1) is 0 Å². The summed E-state index contributed by atoms with van der Waals surface area (Å²) < 4.78 is 5.41. The van der Waals surface area contributed by atoms with Crippen LogP contribution in [-0.2, 0) is 14.3 Å². The van der Waals surface area contributed by atoms with Gasteiger partial charge in [0.05, 0.1) is 28.0 Å². The van der Waals surface area contributed by atoms with Gasteiger partial charge in [-0.1, -0.05) is 87.8 Å². The lowest BCUT2D eigenvalue weighted by atomic mass is 9.54. The standard InChI is InChI=1S/C32H32O3Si2/c1-36(2,3)29-21-15-17-11-7-8-12-18(17)16-22(21)30(37(4,5)6)26-24-20-14-10-9-13-19(20)23(25(26)29)27-28(24)32(34)35-31(27)33/h7-16,23-24,27-28H,1-6H3/t23-,24+,27+,28-. The van der Waals surface area contributed by atoms with E-state index in [-0.39, 0.29) is 23.8 Å². The topological polar surface area (TPSA) is 43.4 Å². The van der Waals surface area contributed by atoms with Crippen LogP contribution >= 0.6 is 0 Å². The number of carbonyl (C=O) groups is 2. The molecule has 0 saturated carbocycles. The summed E-state index contributed by atoms with van der Waals surface area (Å²) in [5.41, 5.74) is 5.15. The third-order valence-corrected chi connectivity index (χ3v) is 13.0. The molecule has 1 heterocycles. The third kappa shape index (κ3) is 2.98. The Morgan fingerprint density at radius 2 is 0.973 bits per heavy atom. The van der Waals surface area contributed by atoms with Crippen LogP contribution in [0.3, 0.4) is 0 Å². The number of rotatable bonds is 2. The smallest absolute Gasteiger partial charge is 0.318 e. The molecule has 0 aromatic heterocycles. The molecule has 0 amide bonds. The van der Waals surface area contributed by atoms with Crippen LogP contribution < -0.4 is 10.4 Å². The lowest BCUT2D eigenvalue weighted by molar-refractivity contribution is -0.153. The van der Waals surface area contributed by atoms with Gasteiger partial charge in [-0.2, -0.15) is 0 Å². The molecule has 0 unspecified atom stereocenters. The Bertz CT molecular complexity index is 1570. The van der Waals surface area contributed by atoms with Crippen molar-refractivity contribution in [3.63, 3.8) is 0 Å². The van der Waals surface area contributed by atoms with Crippen molar-refractivity contribution in [1.82, 2.24) is 0 Å². The maximum absolute atomic E-state index is 13.3. The summed E-state index contributed by atoms with van der Waals surface area (Å²) >= 11 is 0. The van der Waals surface area contributed by atoms with Gasteiger partial charge >= 0.3 is 11.9 Å². The zero-order chi connectivity index (χ0) is 26.0. The second-order valence-corrected chi connectivity index (χ2v) is 23.2. The monoisotopic (exact) mass is 520 g/mol. The molecule has 4 aromatic carbocycles. The number of hydrogen-bond donors (Lipinski definition) is 0. The first-order chi connectivity index (χ1) is 17.5. The lowest BCUT2D eigenvalue weighted by Crippen LogP contribution is -2.55. The van der Waals surface area contributed by atoms with Gasteiger partial charge in [-0.3, -0.25) is 9.59 Å². The van der Waals surface area contributed by atoms with E-state index in [0.29, 0.717) is 0 Å². The average molecular weight is 521 g/mol. The molecule has 4 atom stereocenters. The zero-order valence-electron chi connectivity index (χ0n) is 22.3. The molecule has 3 aliphatic carbocycles.